The van der Waals surface area contributed by atoms with E-state index in [-0.39, 0.29) is 11.7 Å². The van der Waals surface area contributed by atoms with E-state index in [1.54, 1.807) is 24.4 Å². The Labute approximate surface area is 202 Å². The highest BCUT2D eigenvalue weighted by Gasteiger charge is 2.27. The van der Waals surface area contributed by atoms with Crippen LogP contribution in [0.1, 0.15) is 40.2 Å². The minimum atomic E-state index is -0.239. The van der Waals surface area contributed by atoms with Gasteiger partial charge in [0.2, 0.25) is 0 Å². The summed E-state index contributed by atoms with van der Waals surface area (Å²) in [5.41, 5.74) is 3.52. The molecule has 1 saturated heterocycles. The number of hydrogen-bond acceptors (Lipinski definition) is 4. The van der Waals surface area contributed by atoms with Gasteiger partial charge in [0, 0.05) is 29.9 Å². The smallest absolute Gasteiger partial charge is 0.257 e. The third-order valence-corrected chi connectivity index (χ3v) is 6.85. The number of anilines is 2. The zero-order valence-corrected chi connectivity index (χ0v) is 19.8. The Morgan fingerprint density at radius 1 is 1.16 bits per heavy atom. The van der Waals surface area contributed by atoms with Crippen molar-refractivity contribution in [1.29, 1.82) is 0 Å². The molecule has 1 aliphatic rings. The van der Waals surface area contributed by atoms with E-state index in [0.29, 0.717) is 51.0 Å². The Morgan fingerprint density at radius 3 is 2.53 bits per heavy atom. The van der Waals surface area contributed by atoms with E-state index in [2.05, 4.69) is 22.9 Å². The van der Waals surface area contributed by atoms with Crippen LogP contribution < -0.4 is 5.32 Å². The molecule has 0 saturated carbocycles. The number of piperidine rings is 1. The van der Waals surface area contributed by atoms with Crippen LogP contribution >= 0.6 is 35.8 Å². The largest absolute Gasteiger partial charge is 0.353 e. The number of hydrogen-bond donors (Lipinski definition) is 2. The van der Waals surface area contributed by atoms with Gasteiger partial charge in [0.1, 0.15) is 5.82 Å². The summed E-state index contributed by atoms with van der Waals surface area (Å²) >= 11 is 16.9. The number of halogens is 3. The van der Waals surface area contributed by atoms with Crippen molar-refractivity contribution in [3.8, 4) is 0 Å². The van der Waals surface area contributed by atoms with Gasteiger partial charge in [-0.1, -0.05) is 35.3 Å². The first kappa shape index (κ1) is 22.9. The lowest BCUT2D eigenvalue weighted by Gasteiger charge is -2.33. The van der Waals surface area contributed by atoms with Crippen molar-refractivity contribution in [3.63, 3.8) is 0 Å². The van der Waals surface area contributed by atoms with E-state index < -0.39 is 0 Å². The van der Waals surface area contributed by atoms with Crippen molar-refractivity contribution >= 4 is 53.1 Å². The Bertz CT molecular complexity index is 1150. The maximum Gasteiger partial charge on any atom is 0.257 e. The van der Waals surface area contributed by atoms with Crippen molar-refractivity contribution in [2.45, 2.75) is 30.7 Å². The number of benzene rings is 2. The third-order valence-electron chi connectivity index (χ3n) is 5.84. The predicted molar refractivity (Wildman–Crippen MR) is 130 cm³/mol. The average molecular weight is 490 g/mol. The van der Waals surface area contributed by atoms with E-state index in [1.807, 2.05) is 24.0 Å². The Morgan fingerprint density at radius 2 is 1.84 bits per heavy atom. The molecule has 0 unspecified atom stereocenters. The first-order valence-corrected chi connectivity index (χ1v) is 11.5. The second-order valence-electron chi connectivity index (χ2n) is 7.86. The number of carbonyl (C=O) groups excluding carboxylic acids is 1. The molecular formula is C24H22Cl2FN3OS. The summed E-state index contributed by atoms with van der Waals surface area (Å²) in [7, 11) is 0. The fourth-order valence-electron chi connectivity index (χ4n) is 3.97. The predicted octanol–water partition coefficient (Wildman–Crippen LogP) is 6.89. The first-order valence-electron chi connectivity index (χ1n) is 10.3. The number of nitrogens with zero attached hydrogens (tertiary/aromatic N) is 2. The molecule has 8 heteroatoms. The molecule has 1 amide bonds. The van der Waals surface area contributed by atoms with Gasteiger partial charge in [0.05, 0.1) is 27.0 Å². The van der Waals surface area contributed by atoms with Crippen LogP contribution in [0.5, 0.6) is 0 Å². The lowest BCUT2D eigenvalue weighted by molar-refractivity contribution is 0.0713. The molecule has 0 aliphatic carbocycles. The minimum absolute atomic E-state index is 0.105. The fourth-order valence-corrected chi connectivity index (χ4v) is 4.48. The van der Waals surface area contributed by atoms with Crippen LogP contribution in [-0.4, -0.2) is 28.9 Å². The molecule has 0 radical (unpaired) electrons. The molecule has 1 aliphatic heterocycles. The van der Waals surface area contributed by atoms with Crippen LogP contribution in [0.3, 0.4) is 0 Å². The molecule has 32 heavy (non-hydrogen) atoms. The van der Waals surface area contributed by atoms with Gasteiger partial charge < -0.3 is 10.2 Å². The molecule has 4 rings (SSSR count). The number of likely N-dealkylation sites (tertiary alicyclic amines) is 1. The van der Waals surface area contributed by atoms with Gasteiger partial charge in [0.15, 0.2) is 0 Å². The second kappa shape index (κ2) is 9.69. The van der Waals surface area contributed by atoms with Crippen molar-refractivity contribution in [2.24, 2.45) is 0 Å². The number of amides is 1. The van der Waals surface area contributed by atoms with Gasteiger partial charge >= 0.3 is 0 Å². The zero-order chi connectivity index (χ0) is 22.8. The number of rotatable bonds is 4. The van der Waals surface area contributed by atoms with Gasteiger partial charge in [-0.3, -0.25) is 4.79 Å². The number of carbonyl (C=O) groups is 1. The Balaban J connectivity index is 1.56. The van der Waals surface area contributed by atoms with E-state index in [0.717, 1.165) is 24.0 Å². The van der Waals surface area contributed by atoms with Crippen molar-refractivity contribution in [2.75, 3.05) is 18.4 Å². The molecule has 2 heterocycles. The standard InChI is InChI=1S/C24H22Cl2FN3OS/c1-14-22(29-21-12-17(25)4-7-20(21)26)19(13-28-23(14)32)24(31)30-10-8-16(9-11-30)15-2-5-18(27)6-3-15/h2-7,12-13,16H,8-11H2,1H3,(H2,28,29,32). The summed E-state index contributed by atoms with van der Waals surface area (Å²) in [4.78, 5) is 19.5. The lowest BCUT2D eigenvalue weighted by atomic mass is 9.89. The molecule has 0 bridgehead atoms. The first-order chi connectivity index (χ1) is 15.3. The van der Waals surface area contributed by atoms with Crippen molar-refractivity contribution in [3.05, 3.63) is 81.2 Å². The summed E-state index contributed by atoms with van der Waals surface area (Å²) in [6.45, 7) is 3.08. The molecule has 0 spiro atoms. The molecule has 4 nitrogen and oxygen atoms in total. The average Bonchev–Trinajstić information content (AvgIpc) is 2.79. The maximum absolute atomic E-state index is 13.4. The highest BCUT2D eigenvalue weighted by Crippen LogP contribution is 2.35. The molecule has 1 aromatic heterocycles. The van der Waals surface area contributed by atoms with Crippen molar-refractivity contribution in [1.82, 2.24) is 9.88 Å². The number of pyridine rings is 1. The van der Waals surface area contributed by atoms with E-state index >= 15 is 0 Å². The van der Waals surface area contributed by atoms with E-state index in [1.165, 1.54) is 12.1 Å². The van der Waals surface area contributed by atoms with Gasteiger partial charge in [-0.15, -0.1) is 12.6 Å². The topological polar surface area (TPSA) is 45.2 Å². The lowest BCUT2D eigenvalue weighted by Crippen LogP contribution is -2.38. The van der Waals surface area contributed by atoms with Gasteiger partial charge in [-0.2, -0.15) is 0 Å². The van der Waals surface area contributed by atoms with Gasteiger partial charge in [-0.05, 0) is 61.6 Å². The van der Waals surface area contributed by atoms with Gasteiger partial charge in [0.25, 0.3) is 5.91 Å². The highest BCUT2D eigenvalue weighted by molar-refractivity contribution is 7.80. The molecule has 166 valence electrons. The highest BCUT2D eigenvalue weighted by atomic mass is 35.5. The zero-order valence-electron chi connectivity index (χ0n) is 17.4. The normalized spacial score (nSPS) is 14.5. The Hall–Kier alpha value is -2.28. The van der Waals surface area contributed by atoms with E-state index in [9.17, 15) is 9.18 Å². The summed E-state index contributed by atoms with van der Waals surface area (Å²) in [5, 5.41) is 4.81. The number of thiol groups is 1. The maximum atomic E-state index is 13.4. The number of aromatic nitrogens is 1. The summed E-state index contributed by atoms with van der Waals surface area (Å²) in [5.74, 6) is -0.0361. The Kier molecular flexibility index (Phi) is 6.93. The molecule has 2 aromatic carbocycles. The summed E-state index contributed by atoms with van der Waals surface area (Å²) in [6, 6.07) is 11.7. The van der Waals surface area contributed by atoms with Crippen LogP contribution in [0.4, 0.5) is 15.8 Å². The van der Waals surface area contributed by atoms with Crippen LogP contribution in [0.25, 0.3) is 0 Å². The minimum Gasteiger partial charge on any atom is -0.353 e. The SMILES string of the molecule is Cc1c(S)ncc(C(=O)N2CCC(c3ccc(F)cc3)CC2)c1Nc1cc(Cl)ccc1Cl. The quantitative estimate of drug-likeness (QED) is 0.392. The van der Waals surface area contributed by atoms with Crippen LogP contribution in [0, 0.1) is 12.7 Å². The fraction of sp³-hybridized carbons (Fsp3) is 0.250. The van der Waals surface area contributed by atoms with Crippen LogP contribution in [-0.2, 0) is 0 Å². The number of nitrogens with one attached hydrogen (secondary N) is 1. The van der Waals surface area contributed by atoms with Gasteiger partial charge in [-0.25, -0.2) is 9.37 Å². The summed E-state index contributed by atoms with van der Waals surface area (Å²) in [6.07, 6.45) is 3.18. The molecule has 3 aromatic rings. The molecule has 1 fully saturated rings. The van der Waals surface area contributed by atoms with Crippen LogP contribution in [0.2, 0.25) is 10.0 Å². The van der Waals surface area contributed by atoms with Crippen molar-refractivity contribution < 1.29 is 9.18 Å². The van der Waals surface area contributed by atoms with E-state index in [4.69, 9.17) is 23.2 Å². The molecular weight excluding hydrogens is 468 g/mol. The summed E-state index contributed by atoms with van der Waals surface area (Å²) < 4.78 is 13.2. The second-order valence-corrected chi connectivity index (χ2v) is 9.13. The van der Waals surface area contributed by atoms with Crippen LogP contribution in [0.15, 0.2) is 53.7 Å². The molecule has 0 atom stereocenters. The third kappa shape index (κ3) is 4.87. The molecule has 1 N–H and O–H groups in total. The monoisotopic (exact) mass is 489 g/mol.